The Morgan fingerprint density at radius 3 is 2.58 bits per heavy atom. The van der Waals surface area contributed by atoms with Gasteiger partial charge in [-0.15, -0.1) is 0 Å². The topological polar surface area (TPSA) is 67.9 Å². The Labute approximate surface area is 224 Å². The number of thiocarbonyl (C=S) groups is 1. The van der Waals surface area contributed by atoms with E-state index in [1.165, 1.54) is 11.6 Å². The fourth-order valence-corrected chi connectivity index (χ4v) is 4.73. The van der Waals surface area contributed by atoms with Gasteiger partial charge in [0.1, 0.15) is 6.61 Å². The van der Waals surface area contributed by atoms with Crippen molar-refractivity contribution in [2.75, 3.05) is 6.61 Å². The molecule has 1 heterocycles. The number of rotatable bonds is 8. The largest absolute Gasteiger partial charge is 0.490 e. The van der Waals surface area contributed by atoms with Crippen molar-refractivity contribution in [3.05, 3.63) is 98.9 Å². The van der Waals surface area contributed by atoms with E-state index in [-0.39, 0.29) is 4.32 Å². The first-order valence-electron chi connectivity index (χ1n) is 11.1. The van der Waals surface area contributed by atoms with Crippen molar-refractivity contribution in [1.82, 2.24) is 10.4 Å². The molecule has 6 nitrogen and oxygen atoms in total. The quantitative estimate of drug-likeness (QED) is 0.273. The molecule has 0 saturated carbocycles. The molecule has 1 saturated heterocycles. The minimum absolute atomic E-state index is 0.227. The number of halogens is 1. The molecule has 0 atom stereocenters. The molecule has 2 amide bonds. The van der Waals surface area contributed by atoms with Crippen molar-refractivity contribution < 1.29 is 19.1 Å². The SMILES string of the molecule is CCOc1cc(/C=C2\SC(=S)N(NC(=O)c3cccc(Cl)c3)C2=O)ccc1OCc1ccc(C)cc1. The van der Waals surface area contributed by atoms with Crippen LogP contribution in [0, 0.1) is 6.92 Å². The molecule has 0 aliphatic carbocycles. The molecular weight excluding hydrogens is 516 g/mol. The van der Waals surface area contributed by atoms with Crippen LogP contribution < -0.4 is 14.9 Å². The van der Waals surface area contributed by atoms with Gasteiger partial charge in [0.2, 0.25) is 0 Å². The number of carbonyl (C=O) groups excluding carboxylic acids is 2. The van der Waals surface area contributed by atoms with Gasteiger partial charge in [0.25, 0.3) is 11.8 Å². The van der Waals surface area contributed by atoms with Crippen LogP contribution in [-0.4, -0.2) is 27.8 Å². The number of nitrogens with zero attached hydrogens (tertiary/aromatic N) is 1. The van der Waals surface area contributed by atoms with Crippen molar-refractivity contribution in [3.8, 4) is 11.5 Å². The van der Waals surface area contributed by atoms with Crippen LogP contribution in [0.1, 0.15) is 34.0 Å². The van der Waals surface area contributed by atoms with E-state index < -0.39 is 11.8 Å². The average Bonchev–Trinajstić information content (AvgIpc) is 3.12. The lowest BCUT2D eigenvalue weighted by atomic mass is 10.1. The molecule has 1 fully saturated rings. The fraction of sp³-hybridized carbons (Fsp3) is 0.148. The molecule has 0 aromatic heterocycles. The molecule has 0 bridgehead atoms. The van der Waals surface area contributed by atoms with Gasteiger partial charge in [0.05, 0.1) is 11.5 Å². The van der Waals surface area contributed by atoms with Crippen molar-refractivity contribution in [1.29, 1.82) is 0 Å². The van der Waals surface area contributed by atoms with Crippen LogP contribution in [0.5, 0.6) is 11.5 Å². The number of aryl methyl sites for hydroxylation is 1. The molecule has 1 aliphatic heterocycles. The van der Waals surface area contributed by atoms with E-state index in [4.69, 9.17) is 33.3 Å². The van der Waals surface area contributed by atoms with Gasteiger partial charge in [-0.2, -0.15) is 5.01 Å². The predicted molar refractivity (Wildman–Crippen MR) is 147 cm³/mol. The Morgan fingerprint density at radius 2 is 1.86 bits per heavy atom. The van der Waals surface area contributed by atoms with Gasteiger partial charge in [-0.05, 0) is 73.6 Å². The highest BCUT2D eigenvalue weighted by atomic mass is 35.5. The Balaban J connectivity index is 1.48. The van der Waals surface area contributed by atoms with Crippen molar-refractivity contribution >= 4 is 57.8 Å². The zero-order chi connectivity index (χ0) is 25.7. The number of benzene rings is 3. The Hall–Kier alpha value is -3.33. The summed E-state index contributed by atoms with van der Waals surface area (Å²) in [4.78, 5) is 25.9. The molecule has 0 spiro atoms. The smallest absolute Gasteiger partial charge is 0.285 e. The van der Waals surface area contributed by atoms with Gasteiger partial charge in [-0.1, -0.05) is 65.3 Å². The predicted octanol–water partition coefficient (Wildman–Crippen LogP) is 6.17. The number of thioether (sulfide) groups is 1. The molecule has 1 N–H and O–H groups in total. The lowest BCUT2D eigenvalue weighted by Gasteiger charge is -2.15. The first-order chi connectivity index (χ1) is 17.3. The van der Waals surface area contributed by atoms with E-state index in [0.717, 1.165) is 27.9 Å². The third kappa shape index (κ3) is 6.26. The van der Waals surface area contributed by atoms with Gasteiger partial charge >= 0.3 is 0 Å². The van der Waals surface area contributed by atoms with E-state index >= 15 is 0 Å². The maximum Gasteiger partial charge on any atom is 0.285 e. The van der Waals surface area contributed by atoms with Crippen molar-refractivity contribution in [2.45, 2.75) is 20.5 Å². The molecular formula is C27H23ClN2O4S2. The number of hydrogen-bond donors (Lipinski definition) is 1. The van der Waals surface area contributed by atoms with E-state index in [0.29, 0.717) is 40.2 Å². The second kappa shape index (κ2) is 11.6. The van der Waals surface area contributed by atoms with E-state index in [1.54, 1.807) is 24.3 Å². The summed E-state index contributed by atoms with van der Waals surface area (Å²) in [5.74, 6) is 0.279. The van der Waals surface area contributed by atoms with Gasteiger partial charge in [0, 0.05) is 10.6 Å². The summed E-state index contributed by atoms with van der Waals surface area (Å²) in [5.41, 5.74) is 5.85. The van der Waals surface area contributed by atoms with Gasteiger partial charge in [0.15, 0.2) is 15.8 Å². The van der Waals surface area contributed by atoms with Crippen molar-refractivity contribution in [2.24, 2.45) is 0 Å². The molecule has 0 radical (unpaired) electrons. The van der Waals surface area contributed by atoms with Crippen molar-refractivity contribution in [3.63, 3.8) is 0 Å². The van der Waals surface area contributed by atoms with Crippen LogP contribution in [-0.2, 0) is 11.4 Å². The molecule has 36 heavy (non-hydrogen) atoms. The molecule has 0 unspecified atom stereocenters. The van der Waals surface area contributed by atoms with Gasteiger partial charge in [-0.25, -0.2) is 0 Å². The highest BCUT2D eigenvalue weighted by Crippen LogP contribution is 2.34. The summed E-state index contributed by atoms with van der Waals surface area (Å²) in [6, 6.07) is 20.0. The summed E-state index contributed by atoms with van der Waals surface area (Å²) < 4.78 is 12.0. The average molecular weight is 539 g/mol. The molecule has 9 heteroatoms. The molecule has 3 aromatic rings. The first kappa shape index (κ1) is 25.8. The van der Waals surface area contributed by atoms with E-state index in [2.05, 4.69) is 5.43 Å². The number of hydrogen-bond acceptors (Lipinski definition) is 6. The lowest BCUT2D eigenvalue weighted by Crippen LogP contribution is -2.44. The minimum Gasteiger partial charge on any atom is -0.490 e. The third-order valence-corrected chi connectivity index (χ3v) is 6.71. The normalized spacial score (nSPS) is 14.3. The van der Waals surface area contributed by atoms with Crippen LogP contribution >= 0.6 is 35.6 Å². The Kier molecular flexibility index (Phi) is 8.30. The summed E-state index contributed by atoms with van der Waals surface area (Å²) in [5, 5.41) is 1.49. The third-order valence-electron chi connectivity index (χ3n) is 5.17. The fourth-order valence-electron chi connectivity index (χ4n) is 3.36. The Bertz CT molecular complexity index is 1340. The lowest BCUT2D eigenvalue weighted by molar-refractivity contribution is -0.123. The number of nitrogens with one attached hydrogen (secondary N) is 1. The highest BCUT2D eigenvalue weighted by Gasteiger charge is 2.33. The molecule has 4 rings (SSSR count). The minimum atomic E-state index is -0.483. The number of amides is 2. The zero-order valence-electron chi connectivity index (χ0n) is 19.6. The maximum absolute atomic E-state index is 13.0. The summed E-state index contributed by atoms with van der Waals surface area (Å²) >= 11 is 12.4. The summed E-state index contributed by atoms with van der Waals surface area (Å²) in [7, 11) is 0. The first-order valence-corrected chi connectivity index (χ1v) is 12.7. The van der Waals surface area contributed by atoms with Crippen LogP contribution in [0.2, 0.25) is 5.02 Å². The highest BCUT2D eigenvalue weighted by molar-refractivity contribution is 8.26. The zero-order valence-corrected chi connectivity index (χ0v) is 22.0. The standard InChI is InChI=1S/C27H23ClN2O4S2/c1-3-33-23-13-19(11-12-22(23)34-16-18-9-7-17(2)8-10-18)14-24-26(32)30(27(35)36-24)29-25(31)20-5-4-6-21(28)15-20/h4-15H,3,16H2,1-2H3,(H,29,31)/b24-14-. The van der Waals surface area contributed by atoms with Crippen LogP contribution in [0.15, 0.2) is 71.6 Å². The van der Waals surface area contributed by atoms with Crippen LogP contribution in [0.3, 0.4) is 0 Å². The van der Waals surface area contributed by atoms with E-state index in [1.807, 2.05) is 56.3 Å². The van der Waals surface area contributed by atoms with E-state index in [9.17, 15) is 9.59 Å². The number of ether oxygens (including phenoxy) is 2. The second-order valence-electron chi connectivity index (χ2n) is 7.88. The van der Waals surface area contributed by atoms with Gasteiger partial charge in [-0.3, -0.25) is 15.0 Å². The monoisotopic (exact) mass is 538 g/mol. The molecule has 184 valence electrons. The van der Waals surface area contributed by atoms with Crippen LogP contribution in [0.4, 0.5) is 0 Å². The van der Waals surface area contributed by atoms with Crippen LogP contribution in [0.25, 0.3) is 6.08 Å². The Morgan fingerprint density at radius 1 is 1.08 bits per heavy atom. The number of hydrazine groups is 1. The number of carbonyl (C=O) groups is 2. The van der Waals surface area contributed by atoms with Gasteiger partial charge < -0.3 is 9.47 Å². The summed E-state index contributed by atoms with van der Waals surface area (Å²) in [6.07, 6.45) is 1.71. The summed E-state index contributed by atoms with van der Waals surface area (Å²) in [6.45, 7) is 4.80. The molecule has 3 aromatic carbocycles. The molecule has 1 aliphatic rings. The second-order valence-corrected chi connectivity index (χ2v) is 9.99. The maximum atomic E-state index is 13.0.